The molecule has 0 atom stereocenters. The summed E-state index contributed by atoms with van der Waals surface area (Å²) in [5.74, 6) is -0.385. The van der Waals surface area contributed by atoms with Crippen molar-refractivity contribution in [1.82, 2.24) is 9.21 Å². The van der Waals surface area contributed by atoms with Gasteiger partial charge in [0.15, 0.2) is 11.5 Å². The van der Waals surface area contributed by atoms with Gasteiger partial charge < -0.3 is 9.47 Å². The second-order valence-electron chi connectivity index (χ2n) is 6.47. The molecule has 0 unspecified atom stereocenters. The average Bonchev–Trinajstić information content (AvgIpc) is 3.09. The Morgan fingerprint density at radius 3 is 2.26 bits per heavy atom. The van der Waals surface area contributed by atoms with Crippen molar-refractivity contribution in [2.75, 3.05) is 33.0 Å². The fourth-order valence-electron chi connectivity index (χ4n) is 3.25. The van der Waals surface area contributed by atoms with E-state index < -0.39 is 21.7 Å². The summed E-state index contributed by atoms with van der Waals surface area (Å²) in [6, 6.07) is 8.07. The highest BCUT2D eigenvalue weighted by Crippen LogP contribution is 2.33. The predicted molar refractivity (Wildman–Crippen MR) is 93.0 cm³/mol. The SMILES string of the molecule is O=S(=O)(c1cc(F)cc(F)c1)N1CCN(Cc2ccc3c(c2)OCO3)CC1. The van der Waals surface area contributed by atoms with Gasteiger partial charge in [-0.3, -0.25) is 4.90 Å². The lowest BCUT2D eigenvalue weighted by atomic mass is 10.2. The number of ether oxygens (including phenoxy) is 2. The van der Waals surface area contributed by atoms with Gasteiger partial charge in [0, 0.05) is 38.8 Å². The van der Waals surface area contributed by atoms with Gasteiger partial charge in [-0.15, -0.1) is 0 Å². The number of hydrogen-bond donors (Lipinski definition) is 0. The molecule has 2 aliphatic rings. The minimum Gasteiger partial charge on any atom is -0.454 e. The Morgan fingerprint density at radius 2 is 1.56 bits per heavy atom. The summed E-state index contributed by atoms with van der Waals surface area (Å²) >= 11 is 0. The van der Waals surface area contributed by atoms with Crippen molar-refractivity contribution in [3.05, 3.63) is 53.6 Å². The lowest BCUT2D eigenvalue weighted by Gasteiger charge is -2.34. The zero-order chi connectivity index (χ0) is 19.0. The Kier molecular flexibility index (Phi) is 4.75. The molecule has 0 radical (unpaired) electrons. The molecule has 27 heavy (non-hydrogen) atoms. The first-order chi connectivity index (χ1) is 12.9. The molecule has 2 heterocycles. The Labute approximate surface area is 156 Å². The van der Waals surface area contributed by atoms with Gasteiger partial charge in [-0.25, -0.2) is 17.2 Å². The molecule has 2 aromatic rings. The van der Waals surface area contributed by atoms with Crippen LogP contribution in [-0.4, -0.2) is 50.6 Å². The number of benzene rings is 2. The molecule has 4 rings (SSSR count). The minimum absolute atomic E-state index is 0.218. The van der Waals surface area contributed by atoms with Gasteiger partial charge in [0.25, 0.3) is 0 Å². The molecule has 0 aromatic heterocycles. The lowest BCUT2D eigenvalue weighted by molar-refractivity contribution is 0.173. The molecule has 144 valence electrons. The van der Waals surface area contributed by atoms with Crippen LogP contribution in [0.2, 0.25) is 0 Å². The summed E-state index contributed by atoms with van der Waals surface area (Å²) in [5.41, 5.74) is 1.04. The van der Waals surface area contributed by atoms with E-state index >= 15 is 0 Å². The highest BCUT2D eigenvalue weighted by Gasteiger charge is 2.29. The first-order valence-corrected chi connectivity index (χ1v) is 9.93. The maximum absolute atomic E-state index is 13.4. The third-order valence-corrected chi connectivity index (χ3v) is 6.52. The summed E-state index contributed by atoms with van der Waals surface area (Å²) in [7, 11) is -3.92. The fourth-order valence-corrected chi connectivity index (χ4v) is 4.72. The number of rotatable bonds is 4. The highest BCUT2D eigenvalue weighted by atomic mass is 32.2. The van der Waals surface area contributed by atoms with Crippen molar-refractivity contribution >= 4 is 10.0 Å². The van der Waals surface area contributed by atoms with Crippen LogP contribution in [0.4, 0.5) is 8.78 Å². The molecule has 0 spiro atoms. The topological polar surface area (TPSA) is 59.1 Å². The number of halogens is 2. The van der Waals surface area contributed by atoms with Crippen LogP contribution in [0.25, 0.3) is 0 Å². The molecule has 2 aromatic carbocycles. The summed E-state index contributed by atoms with van der Waals surface area (Å²) < 4.78 is 63.9. The second-order valence-corrected chi connectivity index (χ2v) is 8.41. The van der Waals surface area contributed by atoms with Crippen LogP contribution >= 0.6 is 0 Å². The number of nitrogens with zero attached hydrogens (tertiary/aromatic N) is 2. The smallest absolute Gasteiger partial charge is 0.243 e. The first-order valence-electron chi connectivity index (χ1n) is 8.49. The van der Waals surface area contributed by atoms with Crippen LogP contribution in [0.1, 0.15) is 5.56 Å². The van der Waals surface area contributed by atoms with E-state index in [1.807, 2.05) is 18.2 Å². The zero-order valence-electron chi connectivity index (χ0n) is 14.4. The van der Waals surface area contributed by atoms with E-state index in [1.165, 1.54) is 4.31 Å². The van der Waals surface area contributed by atoms with Gasteiger partial charge in [-0.1, -0.05) is 6.07 Å². The van der Waals surface area contributed by atoms with Crippen molar-refractivity contribution in [3.8, 4) is 11.5 Å². The molecular weight excluding hydrogens is 378 g/mol. The summed E-state index contributed by atoms with van der Waals surface area (Å²) in [6.07, 6.45) is 0. The van der Waals surface area contributed by atoms with E-state index in [1.54, 1.807) is 0 Å². The largest absolute Gasteiger partial charge is 0.454 e. The van der Waals surface area contributed by atoms with Crippen molar-refractivity contribution in [2.45, 2.75) is 11.4 Å². The van der Waals surface area contributed by atoms with Gasteiger partial charge in [0.1, 0.15) is 11.6 Å². The van der Waals surface area contributed by atoms with Gasteiger partial charge in [-0.05, 0) is 29.8 Å². The predicted octanol–water partition coefficient (Wildman–Crippen LogP) is 2.20. The van der Waals surface area contributed by atoms with Crippen LogP contribution in [-0.2, 0) is 16.6 Å². The van der Waals surface area contributed by atoms with Crippen molar-refractivity contribution < 1.29 is 26.7 Å². The van der Waals surface area contributed by atoms with Crippen LogP contribution in [0.3, 0.4) is 0 Å². The van der Waals surface area contributed by atoms with Gasteiger partial charge in [-0.2, -0.15) is 4.31 Å². The average molecular weight is 396 g/mol. The molecule has 1 saturated heterocycles. The maximum Gasteiger partial charge on any atom is 0.243 e. The molecule has 0 amide bonds. The third-order valence-electron chi connectivity index (χ3n) is 4.65. The van der Waals surface area contributed by atoms with E-state index in [-0.39, 0.29) is 24.8 Å². The Balaban J connectivity index is 1.41. The van der Waals surface area contributed by atoms with Gasteiger partial charge in [0.05, 0.1) is 4.90 Å². The van der Waals surface area contributed by atoms with E-state index in [9.17, 15) is 17.2 Å². The zero-order valence-corrected chi connectivity index (χ0v) is 15.2. The Morgan fingerprint density at radius 1 is 0.889 bits per heavy atom. The van der Waals surface area contributed by atoms with Crippen molar-refractivity contribution in [1.29, 1.82) is 0 Å². The van der Waals surface area contributed by atoms with Crippen molar-refractivity contribution in [3.63, 3.8) is 0 Å². The third kappa shape index (κ3) is 3.76. The summed E-state index contributed by atoms with van der Waals surface area (Å²) in [4.78, 5) is 1.76. The molecular formula is C18H18F2N2O4S. The molecule has 0 bridgehead atoms. The summed E-state index contributed by atoms with van der Waals surface area (Å²) in [6.45, 7) is 2.42. The Hall–Kier alpha value is -2.23. The molecule has 9 heteroatoms. The molecule has 1 fully saturated rings. The molecule has 0 aliphatic carbocycles. The fraction of sp³-hybridized carbons (Fsp3) is 0.333. The summed E-state index contributed by atoms with van der Waals surface area (Å²) in [5, 5.41) is 0. The minimum atomic E-state index is -3.92. The van der Waals surface area contributed by atoms with E-state index in [0.717, 1.165) is 23.4 Å². The van der Waals surface area contributed by atoms with E-state index in [2.05, 4.69) is 4.90 Å². The molecule has 6 nitrogen and oxygen atoms in total. The second kappa shape index (κ2) is 7.06. The molecule has 0 N–H and O–H groups in total. The van der Waals surface area contributed by atoms with Gasteiger partial charge in [0.2, 0.25) is 16.8 Å². The Bertz CT molecular complexity index is 940. The molecule has 0 saturated carbocycles. The van der Waals surface area contributed by atoms with E-state index in [0.29, 0.717) is 31.5 Å². The maximum atomic E-state index is 13.4. The normalized spacial score (nSPS) is 18.0. The quantitative estimate of drug-likeness (QED) is 0.793. The first kappa shape index (κ1) is 18.1. The monoisotopic (exact) mass is 396 g/mol. The van der Waals surface area contributed by atoms with Crippen LogP contribution in [0, 0.1) is 11.6 Å². The molecule has 2 aliphatic heterocycles. The van der Waals surface area contributed by atoms with Crippen molar-refractivity contribution in [2.24, 2.45) is 0 Å². The van der Waals surface area contributed by atoms with Gasteiger partial charge >= 0.3 is 0 Å². The van der Waals surface area contributed by atoms with Crippen LogP contribution < -0.4 is 9.47 Å². The highest BCUT2D eigenvalue weighted by molar-refractivity contribution is 7.89. The standard InChI is InChI=1S/C18H18F2N2O4S/c19-14-8-15(20)10-16(9-14)27(23,24)22-5-3-21(4-6-22)11-13-1-2-17-18(7-13)26-12-25-17/h1-2,7-10H,3-6,11-12H2. The van der Waals surface area contributed by atoms with Crippen LogP contribution in [0.15, 0.2) is 41.3 Å². The number of fused-ring (bicyclic) bond motifs is 1. The lowest BCUT2D eigenvalue weighted by Crippen LogP contribution is -2.48. The number of hydrogen-bond acceptors (Lipinski definition) is 5. The van der Waals surface area contributed by atoms with Crippen LogP contribution in [0.5, 0.6) is 11.5 Å². The number of sulfonamides is 1. The van der Waals surface area contributed by atoms with E-state index in [4.69, 9.17) is 9.47 Å². The number of piperazine rings is 1.